The van der Waals surface area contributed by atoms with Crippen LogP contribution in [-0.2, 0) is 36.9 Å². The zero-order valence-electron chi connectivity index (χ0n) is 17.2. The van der Waals surface area contributed by atoms with Crippen LogP contribution in [0.5, 0.6) is 5.75 Å². The van der Waals surface area contributed by atoms with Gasteiger partial charge in [-0.1, -0.05) is 38.1 Å². The molecule has 0 radical (unpaired) electrons. The van der Waals surface area contributed by atoms with Gasteiger partial charge in [-0.3, -0.25) is 4.79 Å². The van der Waals surface area contributed by atoms with E-state index in [1.54, 1.807) is 18.2 Å². The minimum Gasteiger partial charge on any atom is -0.508 e. The molecule has 2 aromatic carbocycles. The fraction of sp³-hybridized carbons (Fsp3) is 0.400. The SMILES string of the molecule is CCc1cc2c(cc1CC)CC(NCC(O)c1ccc(O)c3c1C=CC(=O)C3)C2. The van der Waals surface area contributed by atoms with E-state index < -0.39 is 6.10 Å². The van der Waals surface area contributed by atoms with E-state index in [1.165, 1.54) is 28.3 Å². The normalized spacial score (nSPS) is 16.7. The standard InChI is InChI=1S/C25H29NO3/c1-3-15-9-17-11-19(12-18(17)10-16(15)4-2)26-14-25(29)22-7-8-24(28)23-13-20(27)5-6-21(22)23/h5-10,19,25-26,28-29H,3-4,11-14H2,1-2H3. The Morgan fingerprint density at radius 2 is 1.72 bits per heavy atom. The number of phenolic OH excluding ortho intramolecular Hbond substituents is 1. The van der Waals surface area contributed by atoms with Crippen LogP contribution in [0.1, 0.15) is 58.9 Å². The first-order chi connectivity index (χ1) is 14.0. The Labute approximate surface area is 172 Å². The number of hydrogen-bond donors (Lipinski definition) is 3. The third-order valence-electron chi connectivity index (χ3n) is 6.33. The Morgan fingerprint density at radius 1 is 1.07 bits per heavy atom. The second-order valence-electron chi connectivity index (χ2n) is 8.17. The van der Waals surface area contributed by atoms with E-state index in [4.69, 9.17) is 0 Å². The number of ketones is 1. The summed E-state index contributed by atoms with van der Waals surface area (Å²) in [5.74, 6) is 0.0884. The molecule has 0 saturated heterocycles. The van der Waals surface area contributed by atoms with Crippen molar-refractivity contribution in [2.75, 3.05) is 6.54 Å². The molecule has 0 amide bonds. The molecule has 0 saturated carbocycles. The minimum absolute atomic E-state index is 0.0285. The predicted octanol–water partition coefficient (Wildman–Crippen LogP) is 3.45. The average Bonchev–Trinajstić information content (AvgIpc) is 3.13. The third-order valence-corrected chi connectivity index (χ3v) is 6.33. The maximum atomic E-state index is 11.7. The van der Waals surface area contributed by atoms with Gasteiger partial charge in [0.2, 0.25) is 0 Å². The van der Waals surface area contributed by atoms with Crippen molar-refractivity contribution in [3.05, 3.63) is 69.3 Å². The smallest absolute Gasteiger partial charge is 0.160 e. The van der Waals surface area contributed by atoms with Gasteiger partial charge in [0.1, 0.15) is 5.75 Å². The minimum atomic E-state index is -0.691. The molecular weight excluding hydrogens is 362 g/mol. The predicted molar refractivity (Wildman–Crippen MR) is 115 cm³/mol. The summed E-state index contributed by atoms with van der Waals surface area (Å²) < 4.78 is 0. The van der Waals surface area contributed by atoms with Crippen LogP contribution in [0.15, 0.2) is 30.3 Å². The average molecular weight is 392 g/mol. The molecule has 2 aromatic rings. The van der Waals surface area contributed by atoms with Gasteiger partial charge < -0.3 is 15.5 Å². The number of aromatic hydroxyl groups is 1. The molecule has 3 N–H and O–H groups in total. The van der Waals surface area contributed by atoms with Crippen LogP contribution in [0.2, 0.25) is 0 Å². The largest absolute Gasteiger partial charge is 0.508 e. The second-order valence-corrected chi connectivity index (χ2v) is 8.17. The highest BCUT2D eigenvalue weighted by Crippen LogP contribution is 2.33. The van der Waals surface area contributed by atoms with Crippen LogP contribution >= 0.6 is 0 Å². The molecule has 0 bridgehead atoms. The molecule has 4 rings (SSSR count). The quantitative estimate of drug-likeness (QED) is 0.706. The number of hydrogen-bond acceptors (Lipinski definition) is 4. The van der Waals surface area contributed by atoms with Gasteiger partial charge in [-0.2, -0.15) is 0 Å². The lowest BCUT2D eigenvalue weighted by Crippen LogP contribution is -2.33. The number of benzene rings is 2. The van der Waals surface area contributed by atoms with Gasteiger partial charge in [-0.25, -0.2) is 0 Å². The van der Waals surface area contributed by atoms with Gasteiger partial charge in [0.25, 0.3) is 0 Å². The van der Waals surface area contributed by atoms with Gasteiger partial charge in [0.05, 0.1) is 6.10 Å². The lowest BCUT2D eigenvalue weighted by Gasteiger charge is -2.21. The Hall–Kier alpha value is -2.43. The molecule has 4 heteroatoms. The van der Waals surface area contributed by atoms with Crippen LogP contribution in [0.25, 0.3) is 6.08 Å². The first-order valence-electron chi connectivity index (χ1n) is 10.6. The number of nitrogens with one attached hydrogen (secondary N) is 1. The van der Waals surface area contributed by atoms with Crippen LogP contribution in [0, 0.1) is 0 Å². The maximum Gasteiger partial charge on any atom is 0.160 e. The summed E-state index contributed by atoms with van der Waals surface area (Å²) in [6.45, 7) is 4.86. The second kappa shape index (κ2) is 8.13. The fourth-order valence-electron chi connectivity index (χ4n) is 4.72. The van der Waals surface area contributed by atoms with Crippen molar-refractivity contribution in [1.82, 2.24) is 5.32 Å². The van der Waals surface area contributed by atoms with Crippen molar-refractivity contribution in [2.45, 2.75) is 58.1 Å². The van der Waals surface area contributed by atoms with Gasteiger partial charge >= 0.3 is 0 Å². The number of phenols is 1. The Morgan fingerprint density at radius 3 is 2.34 bits per heavy atom. The van der Waals surface area contributed by atoms with E-state index in [0.29, 0.717) is 18.2 Å². The number of carbonyl (C=O) groups excluding carboxylic acids is 1. The lowest BCUT2D eigenvalue weighted by atomic mass is 9.89. The van der Waals surface area contributed by atoms with Crippen molar-refractivity contribution in [2.24, 2.45) is 0 Å². The molecule has 0 aliphatic heterocycles. The molecule has 1 unspecified atom stereocenters. The highest BCUT2D eigenvalue weighted by molar-refractivity contribution is 5.99. The fourth-order valence-corrected chi connectivity index (χ4v) is 4.72. The first kappa shape index (κ1) is 19.9. The lowest BCUT2D eigenvalue weighted by molar-refractivity contribution is -0.114. The molecule has 0 heterocycles. The van der Waals surface area contributed by atoms with Crippen molar-refractivity contribution >= 4 is 11.9 Å². The Kier molecular flexibility index (Phi) is 5.57. The molecule has 4 nitrogen and oxygen atoms in total. The summed E-state index contributed by atoms with van der Waals surface area (Å²) in [6, 6.07) is 8.38. The van der Waals surface area contributed by atoms with Crippen molar-refractivity contribution in [1.29, 1.82) is 0 Å². The van der Waals surface area contributed by atoms with Crippen molar-refractivity contribution in [3.63, 3.8) is 0 Å². The summed E-state index contributed by atoms with van der Waals surface area (Å²) >= 11 is 0. The van der Waals surface area contributed by atoms with E-state index in [-0.39, 0.29) is 18.0 Å². The summed E-state index contributed by atoms with van der Waals surface area (Å²) in [6.07, 6.45) is 6.83. The van der Waals surface area contributed by atoms with Crippen molar-refractivity contribution in [3.8, 4) is 5.75 Å². The number of allylic oxidation sites excluding steroid dienone is 1. The Bertz CT molecular complexity index is 944. The van der Waals surface area contributed by atoms with E-state index in [9.17, 15) is 15.0 Å². The highest BCUT2D eigenvalue weighted by Gasteiger charge is 2.25. The molecular formula is C25H29NO3. The van der Waals surface area contributed by atoms with Gasteiger partial charge in [-0.05, 0) is 71.2 Å². The third kappa shape index (κ3) is 3.87. The monoisotopic (exact) mass is 391 g/mol. The van der Waals surface area contributed by atoms with Gasteiger partial charge in [0, 0.05) is 24.6 Å². The van der Waals surface area contributed by atoms with E-state index in [2.05, 4.69) is 31.3 Å². The van der Waals surface area contributed by atoms with Crippen LogP contribution in [-0.4, -0.2) is 28.6 Å². The highest BCUT2D eigenvalue weighted by atomic mass is 16.3. The molecule has 1 atom stereocenters. The molecule has 2 aliphatic carbocycles. The van der Waals surface area contributed by atoms with Crippen LogP contribution < -0.4 is 5.32 Å². The van der Waals surface area contributed by atoms with Crippen LogP contribution in [0.4, 0.5) is 0 Å². The number of aryl methyl sites for hydroxylation is 2. The van der Waals surface area contributed by atoms with Gasteiger partial charge in [-0.15, -0.1) is 0 Å². The molecule has 2 aliphatic rings. The van der Waals surface area contributed by atoms with E-state index in [1.807, 2.05) is 0 Å². The van der Waals surface area contributed by atoms with Gasteiger partial charge in [0.15, 0.2) is 5.78 Å². The molecule has 0 spiro atoms. The summed E-state index contributed by atoms with van der Waals surface area (Å²) in [7, 11) is 0. The first-order valence-corrected chi connectivity index (χ1v) is 10.6. The number of aliphatic hydroxyl groups excluding tert-OH is 1. The maximum absolute atomic E-state index is 11.7. The topological polar surface area (TPSA) is 69.6 Å². The number of aliphatic hydroxyl groups is 1. The number of fused-ring (bicyclic) bond motifs is 2. The summed E-state index contributed by atoms with van der Waals surface area (Å²) in [4.78, 5) is 11.7. The molecule has 152 valence electrons. The van der Waals surface area contributed by atoms with E-state index >= 15 is 0 Å². The molecule has 29 heavy (non-hydrogen) atoms. The number of carbonyl (C=O) groups is 1. The van der Waals surface area contributed by atoms with E-state index in [0.717, 1.165) is 36.8 Å². The zero-order valence-corrected chi connectivity index (χ0v) is 17.2. The van der Waals surface area contributed by atoms with Crippen LogP contribution in [0.3, 0.4) is 0 Å². The Balaban J connectivity index is 1.45. The zero-order chi connectivity index (χ0) is 20.5. The number of rotatable bonds is 6. The summed E-state index contributed by atoms with van der Waals surface area (Å²) in [5.41, 5.74) is 7.89. The summed E-state index contributed by atoms with van der Waals surface area (Å²) in [5, 5.41) is 24.4. The molecule has 0 fully saturated rings. The van der Waals surface area contributed by atoms with Crippen molar-refractivity contribution < 1.29 is 15.0 Å². The molecule has 0 aromatic heterocycles.